The van der Waals surface area contributed by atoms with Crippen LogP contribution in [0.2, 0.25) is 15.9 Å². The molecule has 0 fully saturated rings. The molecule has 96 valence electrons. The van der Waals surface area contributed by atoms with Gasteiger partial charge in [-0.05, 0) is 34.8 Å². The Balaban J connectivity index is 0. The second kappa shape index (κ2) is 11.0. The molecule has 0 saturated carbocycles. The fourth-order valence-corrected chi connectivity index (χ4v) is 0.913. The van der Waals surface area contributed by atoms with Crippen molar-refractivity contribution >= 4 is 51.3 Å². The van der Waals surface area contributed by atoms with Crippen LogP contribution in [-0.2, 0) is 9.13 Å². The number of halogens is 3. The van der Waals surface area contributed by atoms with Crippen molar-refractivity contribution in [2.75, 3.05) is 0 Å². The van der Waals surface area contributed by atoms with Crippen LogP contribution in [0.15, 0.2) is 0 Å². The summed E-state index contributed by atoms with van der Waals surface area (Å²) < 4.78 is 17.4. The molecule has 0 unspecified atom stereocenters. The summed E-state index contributed by atoms with van der Waals surface area (Å²) in [4.78, 5) is 38.9. The van der Waals surface area contributed by atoms with Crippen molar-refractivity contribution in [3.63, 3.8) is 0 Å². The molecule has 1 aromatic heterocycles. The first kappa shape index (κ1) is 19.3. The molecule has 0 aliphatic carbocycles. The molecular weight excluding hydrogens is 342 g/mol. The number of hydrogen-bond donors (Lipinski definition) is 4. The lowest BCUT2D eigenvalue weighted by atomic mass is 11.1. The summed E-state index contributed by atoms with van der Waals surface area (Å²) in [6.45, 7) is 0. The summed E-state index contributed by atoms with van der Waals surface area (Å²) in [5.41, 5.74) is 0. The minimum Gasteiger partial charge on any atom is -0.187 e. The lowest BCUT2D eigenvalue weighted by molar-refractivity contribution is 0.403. The predicted octanol–water partition coefficient (Wildman–Crippen LogP) is 1.09. The smallest absolute Gasteiger partial charge is 0.187 e. The summed E-state index contributed by atoms with van der Waals surface area (Å²) in [5.74, 6) is 0. The molecule has 1 heterocycles. The lowest BCUT2D eigenvalue weighted by Gasteiger charge is -1.88. The van der Waals surface area contributed by atoms with Crippen molar-refractivity contribution in [3.05, 3.63) is 15.9 Å². The Hall–Kier alpha value is -0.0800. The van der Waals surface area contributed by atoms with E-state index in [1.807, 2.05) is 0 Å². The van der Waals surface area contributed by atoms with E-state index in [0.717, 1.165) is 0 Å². The zero-order valence-corrected chi connectivity index (χ0v) is 11.5. The summed E-state index contributed by atoms with van der Waals surface area (Å²) in [7, 11) is -5.74. The molecule has 0 aliphatic rings. The van der Waals surface area contributed by atoms with E-state index in [4.69, 9.17) is 63.5 Å². The zero-order valence-electron chi connectivity index (χ0n) is 7.48. The maximum Gasteiger partial charge on any atom is 0.692 e. The zero-order chi connectivity index (χ0) is 14.0. The molecular formula is C3H4Cl3N3O6P2+2. The Morgan fingerprint density at radius 3 is 0.941 bits per heavy atom. The van der Waals surface area contributed by atoms with Gasteiger partial charge >= 0.3 is 16.5 Å². The van der Waals surface area contributed by atoms with Gasteiger partial charge in [0.1, 0.15) is 0 Å². The molecule has 0 radical (unpaired) electrons. The van der Waals surface area contributed by atoms with Crippen molar-refractivity contribution in [2.45, 2.75) is 0 Å². The van der Waals surface area contributed by atoms with Crippen LogP contribution in [0, 0.1) is 0 Å². The van der Waals surface area contributed by atoms with E-state index < -0.39 is 16.5 Å². The molecule has 1 aromatic rings. The first-order valence-electron chi connectivity index (χ1n) is 3.07. The maximum atomic E-state index is 8.70. The van der Waals surface area contributed by atoms with Crippen LogP contribution in [0.4, 0.5) is 0 Å². The van der Waals surface area contributed by atoms with Gasteiger partial charge in [-0.1, -0.05) is 0 Å². The van der Waals surface area contributed by atoms with Gasteiger partial charge in [0.05, 0.1) is 0 Å². The molecule has 0 atom stereocenters. The first-order valence-corrected chi connectivity index (χ1v) is 6.54. The standard InChI is InChI=1S/C3Cl3N3.2HO3P/c4-1-7-2(5)9-3(6)8-1;2*1-4(2)3/h;2*(H-,1,2,3)/p+2. The van der Waals surface area contributed by atoms with E-state index >= 15 is 0 Å². The van der Waals surface area contributed by atoms with Crippen LogP contribution in [0.3, 0.4) is 0 Å². The van der Waals surface area contributed by atoms with Crippen LogP contribution < -0.4 is 0 Å². The normalized spacial score (nSPS) is 8.18. The van der Waals surface area contributed by atoms with Gasteiger partial charge in [0.2, 0.25) is 15.9 Å². The fourth-order valence-electron chi connectivity index (χ4n) is 0.303. The highest BCUT2D eigenvalue weighted by Crippen LogP contribution is 2.08. The Kier molecular flexibility index (Phi) is 12.5. The van der Waals surface area contributed by atoms with Gasteiger partial charge in [0.25, 0.3) is 0 Å². The highest BCUT2D eigenvalue weighted by Gasteiger charge is 1.97. The van der Waals surface area contributed by atoms with Gasteiger partial charge in [0, 0.05) is 9.13 Å². The molecule has 17 heavy (non-hydrogen) atoms. The van der Waals surface area contributed by atoms with E-state index in [2.05, 4.69) is 15.0 Å². The second-order valence-electron chi connectivity index (χ2n) is 1.65. The van der Waals surface area contributed by atoms with E-state index in [0.29, 0.717) is 0 Å². The van der Waals surface area contributed by atoms with Crippen molar-refractivity contribution in [1.82, 2.24) is 15.0 Å². The van der Waals surface area contributed by atoms with Crippen molar-refractivity contribution < 1.29 is 28.7 Å². The van der Waals surface area contributed by atoms with Gasteiger partial charge in [-0.2, -0.15) is 15.0 Å². The van der Waals surface area contributed by atoms with Gasteiger partial charge < -0.3 is 0 Å². The molecule has 14 heteroatoms. The number of nitrogens with zero attached hydrogens (tertiary/aromatic N) is 3. The van der Waals surface area contributed by atoms with Crippen molar-refractivity contribution in [2.24, 2.45) is 0 Å². The highest BCUT2D eigenvalue weighted by atomic mass is 35.5. The Morgan fingerprint density at radius 2 is 0.824 bits per heavy atom. The Morgan fingerprint density at radius 1 is 0.706 bits per heavy atom. The van der Waals surface area contributed by atoms with Crippen LogP contribution in [0.5, 0.6) is 0 Å². The fraction of sp³-hybridized carbons (Fsp3) is 0. The minimum absolute atomic E-state index is 0.000000000000000444. The van der Waals surface area contributed by atoms with E-state index in [-0.39, 0.29) is 15.9 Å². The van der Waals surface area contributed by atoms with Crippen LogP contribution in [0.1, 0.15) is 0 Å². The lowest BCUT2D eigenvalue weighted by Crippen LogP contribution is -1.87. The molecule has 0 saturated heterocycles. The highest BCUT2D eigenvalue weighted by molar-refractivity contribution is 7.31. The van der Waals surface area contributed by atoms with Gasteiger partial charge in [-0.25, -0.2) is 0 Å². The number of rotatable bonds is 0. The molecule has 0 bridgehead atoms. The molecule has 0 aromatic carbocycles. The summed E-state index contributed by atoms with van der Waals surface area (Å²) >= 11 is 16.0. The van der Waals surface area contributed by atoms with Crippen LogP contribution in [0.25, 0.3) is 0 Å². The quantitative estimate of drug-likeness (QED) is 0.505. The third-order valence-corrected chi connectivity index (χ3v) is 1.06. The molecule has 1 rings (SSSR count). The molecule has 0 spiro atoms. The average molecular weight is 346 g/mol. The summed E-state index contributed by atoms with van der Waals surface area (Å²) in [5, 5.41) is 0.00000000000000178. The maximum absolute atomic E-state index is 8.70. The van der Waals surface area contributed by atoms with E-state index in [1.165, 1.54) is 0 Å². The molecule has 4 N–H and O–H groups in total. The Bertz CT molecular complexity index is 324. The van der Waals surface area contributed by atoms with Gasteiger partial charge in [-0.3, -0.25) is 0 Å². The van der Waals surface area contributed by atoms with Crippen molar-refractivity contribution in [1.29, 1.82) is 0 Å². The average Bonchev–Trinajstić information content (AvgIpc) is 1.96. The summed E-state index contributed by atoms with van der Waals surface area (Å²) in [6, 6.07) is 0. The predicted molar refractivity (Wildman–Crippen MR) is 58.9 cm³/mol. The van der Waals surface area contributed by atoms with Gasteiger partial charge in [-0.15, -0.1) is 19.6 Å². The van der Waals surface area contributed by atoms with Gasteiger partial charge in [0.15, 0.2) is 0 Å². The molecule has 0 amide bonds. The molecule has 9 nitrogen and oxygen atoms in total. The number of hydrogen-bond acceptors (Lipinski definition) is 5. The van der Waals surface area contributed by atoms with E-state index in [1.54, 1.807) is 0 Å². The van der Waals surface area contributed by atoms with Crippen LogP contribution in [-0.4, -0.2) is 34.5 Å². The largest absolute Gasteiger partial charge is 0.692 e. The monoisotopic (exact) mass is 345 g/mol. The van der Waals surface area contributed by atoms with E-state index in [9.17, 15) is 0 Å². The van der Waals surface area contributed by atoms with Crippen LogP contribution >= 0.6 is 51.3 Å². The Labute approximate surface area is 111 Å². The third-order valence-electron chi connectivity index (χ3n) is 0.554. The topological polar surface area (TPSA) is 154 Å². The summed E-state index contributed by atoms with van der Waals surface area (Å²) in [6.07, 6.45) is 0. The van der Waals surface area contributed by atoms with Crippen molar-refractivity contribution in [3.8, 4) is 0 Å². The SMILES string of the molecule is Clc1nc(Cl)nc(Cl)n1.O=[P+](O)O.O=[P+](O)O. The third kappa shape index (κ3) is 21.7. The molecule has 0 aliphatic heterocycles. The second-order valence-corrected chi connectivity index (χ2v) is 3.67. The minimum atomic E-state index is -2.87. The number of aromatic nitrogens is 3. The first-order chi connectivity index (χ1) is 7.65.